The van der Waals surface area contributed by atoms with Crippen molar-refractivity contribution in [1.29, 1.82) is 0 Å². The molecule has 1 aromatic carbocycles. The number of nitrogens with one attached hydrogen (secondary N) is 1. The summed E-state index contributed by atoms with van der Waals surface area (Å²) in [6.07, 6.45) is 1.10. The number of thiocarbonyl (C=S) groups is 1. The molecule has 0 bridgehead atoms. The molecule has 80 valence electrons. The Labute approximate surface area is 96.3 Å². The van der Waals surface area contributed by atoms with Gasteiger partial charge in [0.2, 0.25) is 0 Å². The number of benzene rings is 1. The van der Waals surface area contributed by atoms with Crippen molar-refractivity contribution in [2.75, 3.05) is 7.05 Å². The summed E-state index contributed by atoms with van der Waals surface area (Å²) < 4.78 is 0. The first-order valence-corrected chi connectivity index (χ1v) is 5.67. The van der Waals surface area contributed by atoms with Crippen LogP contribution < -0.4 is 5.32 Å². The van der Waals surface area contributed by atoms with Crippen LogP contribution in [-0.2, 0) is 0 Å². The van der Waals surface area contributed by atoms with Gasteiger partial charge in [0.15, 0.2) is 5.11 Å². The Morgan fingerprint density at radius 1 is 1.33 bits per heavy atom. The maximum Gasteiger partial charge on any atom is 0.169 e. The zero-order valence-electron chi connectivity index (χ0n) is 9.10. The number of hydrogen-bond acceptors (Lipinski definition) is 1. The van der Waals surface area contributed by atoms with Crippen LogP contribution in [0.2, 0.25) is 0 Å². The highest BCUT2D eigenvalue weighted by Gasteiger charge is 2.25. The Bertz CT molecular complexity index is 350. The Kier molecular flexibility index (Phi) is 2.91. The van der Waals surface area contributed by atoms with Crippen LogP contribution in [0.4, 0.5) is 0 Å². The van der Waals surface area contributed by atoms with E-state index in [0.717, 1.165) is 11.5 Å². The van der Waals surface area contributed by atoms with Crippen molar-refractivity contribution in [2.45, 2.75) is 25.4 Å². The van der Waals surface area contributed by atoms with Crippen molar-refractivity contribution >= 4 is 17.3 Å². The minimum absolute atomic E-state index is 0.366. The third kappa shape index (κ3) is 2.12. The molecule has 1 fully saturated rings. The second-order valence-corrected chi connectivity index (χ2v) is 4.50. The van der Waals surface area contributed by atoms with Gasteiger partial charge in [-0.1, -0.05) is 30.3 Å². The van der Waals surface area contributed by atoms with Crippen molar-refractivity contribution < 1.29 is 0 Å². The maximum atomic E-state index is 5.30. The van der Waals surface area contributed by atoms with Gasteiger partial charge in [-0.3, -0.25) is 0 Å². The normalized spacial score (nSPS) is 26.3. The van der Waals surface area contributed by atoms with Gasteiger partial charge in [-0.25, -0.2) is 0 Å². The van der Waals surface area contributed by atoms with Gasteiger partial charge in [-0.15, -0.1) is 0 Å². The van der Waals surface area contributed by atoms with Gasteiger partial charge >= 0.3 is 0 Å². The predicted molar refractivity (Wildman–Crippen MR) is 66.8 cm³/mol. The van der Waals surface area contributed by atoms with E-state index in [1.54, 1.807) is 0 Å². The second-order valence-electron chi connectivity index (χ2n) is 4.11. The zero-order chi connectivity index (χ0) is 10.8. The largest absolute Gasteiger partial charge is 0.356 e. The molecule has 0 spiro atoms. The fourth-order valence-electron chi connectivity index (χ4n) is 1.91. The highest BCUT2D eigenvalue weighted by molar-refractivity contribution is 7.80. The van der Waals surface area contributed by atoms with Crippen molar-refractivity contribution in [3.05, 3.63) is 35.9 Å². The third-order valence-corrected chi connectivity index (χ3v) is 3.46. The van der Waals surface area contributed by atoms with Crippen LogP contribution in [0.1, 0.15) is 24.9 Å². The lowest BCUT2D eigenvalue weighted by molar-refractivity contribution is 0.294. The van der Waals surface area contributed by atoms with Gasteiger partial charge in [0.1, 0.15) is 0 Å². The molecule has 1 heterocycles. The first-order chi connectivity index (χ1) is 7.18. The molecule has 2 rings (SSSR count). The Morgan fingerprint density at radius 3 is 2.60 bits per heavy atom. The first-order valence-electron chi connectivity index (χ1n) is 5.27. The Morgan fingerprint density at radius 2 is 2.00 bits per heavy atom. The predicted octanol–water partition coefficient (Wildman–Crippen LogP) is 2.33. The van der Waals surface area contributed by atoms with Crippen LogP contribution in [0.15, 0.2) is 30.3 Å². The molecule has 3 heteroatoms. The monoisotopic (exact) mass is 220 g/mol. The minimum Gasteiger partial charge on any atom is -0.356 e. The van der Waals surface area contributed by atoms with E-state index in [-0.39, 0.29) is 0 Å². The highest BCUT2D eigenvalue weighted by atomic mass is 32.1. The number of hydrogen-bond donors (Lipinski definition) is 1. The molecule has 0 radical (unpaired) electrons. The summed E-state index contributed by atoms with van der Waals surface area (Å²) in [5.74, 6) is 0. The topological polar surface area (TPSA) is 15.3 Å². The van der Waals surface area contributed by atoms with Crippen LogP contribution in [0.5, 0.6) is 0 Å². The smallest absolute Gasteiger partial charge is 0.169 e. The summed E-state index contributed by atoms with van der Waals surface area (Å²) in [6.45, 7) is 2.21. The van der Waals surface area contributed by atoms with E-state index in [1.807, 2.05) is 13.1 Å². The van der Waals surface area contributed by atoms with Gasteiger partial charge in [0, 0.05) is 13.1 Å². The summed E-state index contributed by atoms with van der Waals surface area (Å²) in [5, 5.41) is 4.22. The Hall–Kier alpha value is -1.09. The average Bonchev–Trinajstić information content (AvgIpc) is 2.26. The Balaban J connectivity index is 2.16. The molecule has 0 aliphatic carbocycles. The molecule has 0 saturated carbocycles. The summed E-state index contributed by atoms with van der Waals surface area (Å²) >= 11 is 5.30. The molecular formula is C12H16N2S. The molecule has 2 atom stereocenters. The average molecular weight is 220 g/mol. The summed E-state index contributed by atoms with van der Waals surface area (Å²) in [4.78, 5) is 2.12. The van der Waals surface area contributed by atoms with Crippen LogP contribution in [0.25, 0.3) is 0 Å². The van der Waals surface area contributed by atoms with E-state index in [2.05, 4.69) is 41.4 Å². The lowest BCUT2D eigenvalue weighted by Crippen LogP contribution is -2.50. The van der Waals surface area contributed by atoms with Gasteiger partial charge < -0.3 is 10.2 Å². The number of nitrogens with zero attached hydrogens (tertiary/aromatic N) is 1. The molecule has 1 aromatic rings. The molecule has 1 aliphatic rings. The maximum absolute atomic E-state index is 5.30. The van der Waals surface area contributed by atoms with Crippen LogP contribution in [0, 0.1) is 0 Å². The zero-order valence-corrected chi connectivity index (χ0v) is 9.92. The summed E-state index contributed by atoms with van der Waals surface area (Å²) in [6, 6.07) is 11.4. The standard InChI is InChI=1S/C12H16N2S/c1-9-8-11(13-12(15)14(9)2)10-6-4-3-5-7-10/h3-7,9,11H,8H2,1-2H3,(H,13,15). The highest BCUT2D eigenvalue weighted by Crippen LogP contribution is 2.24. The number of rotatable bonds is 1. The minimum atomic E-state index is 0.366. The van der Waals surface area contributed by atoms with E-state index < -0.39 is 0 Å². The molecule has 1 N–H and O–H groups in total. The van der Waals surface area contributed by atoms with Crippen molar-refractivity contribution in [3.8, 4) is 0 Å². The SMILES string of the molecule is CC1CC(c2ccccc2)NC(=S)N1C. The first kappa shape index (κ1) is 10.4. The van der Waals surface area contributed by atoms with E-state index in [1.165, 1.54) is 5.56 Å². The lowest BCUT2D eigenvalue weighted by atomic mass is 9.98. The third-order valence-electron chi connectivity index (χ3n) is 3.06. The van der Waals surface area contributed by atoms with Crippen LogP contribution >= 0.6 is 12.2 Å². The van der Waals surface area contributed by atoms with Crippen molar-refractivity contribution in [3.63, 3.8) is 0 Å². The summed E-state index contributed by atoms with van der Waals surface area (Å²) in [7, 11) is 2.04. The van der Waals surface area contributed by atoms with Gasteiger partial charge in [0.05, 0.1) is 6.04 Å². The quantitative estimate of drug-likeness (QED) is 0.731. The molecule has 1 aliphatic heterocycles. The van der Waals surface area contributed by atoms with E-state index >= 15 is 0 Å². The molecule has 1 saturated heterocycles. The van der Waals surface area contributed by atoms with Crippen molar-refractivity contribution in [1.82, 2.24) is 10.2 Å². The van der Waals surface area contributed by atoms with Crippen LogP contribution in [-0.4, -0.2) is 23.1 Å². The molecule has 2 unspecified atom stereocenters. The van der Waals surface area contributed by atoms with E-state index in [9.17, 15) is 0 Å². The van der Waals surface area contributed by atoms with E-state index in [4.69, 9.17) is 12.2 Å². The lowest BCUT2D eigenvalue weighted by Gasteiger charge is -2.38. The molecule has 15 heavy (non-hydrogen) atoms. The van der Waals surface area contributed by atoms with Gasteiger partial charge in [-0.05, 0) is 31.1 Å². The molecule has 0 amide bonds. The fraction of sp³-hybridized carbons (Fsp3) is 0.417. The molecular weight excluding hydrogens is 204 g/mol. The van der Waals surface area contributed by atoms with E-state index in [0.29, 0.717) is 12.1 Å². The van der Waals surface area contributed by atoms with Gasteiger partial charge in [0.25, 0.3) is 0 Å². The van der Waals surface area contributed by atoms with Crippen LogP contribution in [0.3, 0.4) is 0 Å². The second kappa shape index (κ2) is 4.19. The van der Waals surface area contributed by atoms with Gasteiger partial charge in [-0.2, -0.15) is 0 Å². The molecule has 2 nitrogen and oxygen atoms in total. The summed E-state index contributed by atoms with van der Waals surface area (Å²) in [5.41, 5.74) is 1.32. The molecule has 0 aromatic heterocycles. The fourth-order valence-corrected chi connectivity index (χ4v) is 2.24. The van der Waals surface area contributed by atoms with Crippen molar-refractivity contribution in [2.24, 2.45) is 0 Å².